The number of carbonyl (C=O) groups excluding carboxylic acids is 1. The summed E-state index contributed by atoms with van der Waals surface area (Å²) in [4.78, 5) is 14.4. The Hall–Kier alpha value is -2.54. The van der Waals surface area contributed by atoms with E-state index >= 15 is 0 Å². The lowest BCUT2D eigenvalue weighted by Gasteiger charge is -2.30. The normalized spacial score (nSPS) is 14.9. The van der Waals surface area contributed by atoms with Gasteiger partial charge in [0.15, 0.2) is 17.6 Å². The van der Waals surface area contributed by atoms with Crippen LogP contribution < -0.4 is 18.9 Å². The number of fused-ring (bicyclic) bond motifs is 1. The molecule has 1 unspecified atom stereocenters. The Bertz CT molecular complexity index is 783. The second-order valence-electron chi connectivity index (χ2n) is 6.51. The maximum Gasteiger partial charge on any atom is 0.232 e. The van der Waals surface area contributed by atoms with Gasteiger partial charge in [0.25, 0.3) is 0 Å². The van der Waals surface area contributed by atoms with Gasteiger partial charge in [-0.15, -0.1) is 11.8 Å². The van der Waals surface area contributed by atoms with Crippen molar-refractivity contribution in [3.05, 3.63) is 48.5 Å². The van der Waals surface area contributed by atoms with Crippen LogP contribution in [0.5, 0.6) is 23.0 Å². The number of ether oxygens (including phenoxy) is 4. The molecule has 0 N–H and O–H groups in total. The van der Waals surface area contributed by atoms with Gasteiger partial charge in [0.1, 0.15) is 18.1 Å². The van der Waals surface area contributed by atoms with Crippen LogP contribution >= 0.6 is 11.8 Å². The van der Waals surface area contributed by atoms with E-state index in [-0.39, 0.29) is 12.0 Å². The number of hydrogen-bond donors (Lipinski definition) is 0. The first-order valence-electron chi connectivity index (χ1n) is 9.70. The standard InChI is InChI=1S/C22H27NO5S/c1-3-23(14-19-15-27-20-6-4-5-7-21(20)28-19)22(24)16-29-13-12-26-18-10-8-17(25-2)9-11-18/h4-11,19H,3,12-16H2,1-2H3. The van der Waals surface area contributed by atoms with Gasteiger partial charge in [-0.3, -0.25) is 4.79 Å². The zero-order chi connectivity index (χ0) is 20.5. The van der Waals surface area contributed by atoms with Crippen molar-refractivity contribution in [1.29, 1.82) is 0 Å². The molecule has 1 heterocycles. The number of nitrogens with zero attached hydrogens (tertiary/aromatic N) is 1. The minimum absolute atomic E-state index is 0.101. The first-order chi connectivity index (χ1) is 14.2. The zero-order valence-corrected chi connectivity index (χ0v) is 17.7. The van der Waals surface area contributed by atoms with Gasteiger partial charge < -0.3 is 23.8 Å². The highest BCUT2D eigenvalue weighted by molar-refractivity contribution is 7.99. The zero-order valence-electron chi connectivity index (χ0n) is 16.8. The van der Waals surface area contributed by atoms with Crippen molar-refractivity contribution in [2.24, 2.45) is 0 Å². The Morgan fingerprint density at radius 2 is 1.86 bits per heavy atom. The van der Waals surface area contributed by atoms with Crippen LogP contribution in [0.2, 0.25) is 0 Å². The first-order valence-corrected chi connectivity index (χ1v) is 10.9. The largest absolute Gasteiger partial charge is 0.497 e. The Labute approximate surface area is 176 Å². The number of rotatable bonds is 10. The molecule has 0 saturated carbocycles. The number of likely N-dealkylation sites (N-methyl/N-ethyl adjacent to an activating group) is 1. The van der Waals surface area contributed by atoms with Gasteiger partial charge in [-0.05, 0) is 43.3 Å². The number of amides is 1. The van der Waals surface area contributed by atoms with E-state index in [0.717, 1.165) is 28.8 Å². The molecule has 1 atom stereocenters. The van der Waals surface area contributed by atoms with E-state index in [1.54, 1.807) is 18.9 Å². The molecular weight excluding hydrogens is 390 g/mol. The fraction of sp³-hybridized carbons (Fsp3) is 0.409. The van der Waals surface area contributed by atoms with Gasteiger partial charge in [0.05, 0.1) is 26.0 Å². The van der Waals surface area contributed by atoms with Crippen LogP contribution in [-0.4, -0.2) is 61.8 Å². The molecule has 0 fully saturated rings. The molecule has 0 bridgehead atoms. The molecule has 7 heteroatoms. The van der Waals surface area contributed by atoms with Gasteiger partial charge in [0, 0.05) is 12.3 Å². The van der Waals surface area contributed by atoms with Crippen molar-refractivity contribution >= 4 is 17.7 Å². The van der Waals surface area contributed by atoms with Crippen LogP contribution in [0.25, 0.3) is 0 Å². The minimum atomic E-state index is -0.155. The molecule has 29 heavy (non-hydrogen) atoms. The number of benzene rings is 2. The molecule has 1 aliphatic rings. The summed E-state index contributed by atoms with van der Waals surface area (Å²) in [5.41, 5.74) is 0. The quantitative estimate of drug-likeness (QED) is 0.552. The number of thioether (sulfide) groups is 1. The third-order valence-corrected chi connectivity index (χ3v) is 5.41. The Balaban J connectivity index is 1.36. The molecule has 0 radical (unpaired) electrons. The lowest BCUT2D eigenvalue weighted by molar-refractivity contribution is -0.129. The van der Waals surface area contributed by atoms with Crippen LogP contribution in [0.1, 0.15) is 6.92 Å². The van der Waals surface area contributed by atoms with Gasteiger partial charge in [0.2, 0.25) is 5.91 Å². The summed E-state index contributed by atoms with van der Waals surface area (Å²) < 4.78 is 22.5. The average Bonchev–Trinajstić information content (AvgIpc) is 2.77. The second kappa shape index (κ2) is 10.9. The maximum atomic E-state index is 12.6. The monoisotopic (exact) mass is 417 g/mol. The van der Waals surface area contributed by atoms with Crippen molar-refractivity contribution in [3.63, 3.8) is 0 Å². The van der Waals surface area contributed by atoms with Crippen molar-refractivity contribution in [3.8, 4) is 23.0 Å². The van der Waals surface area contributed by atoms with Crippen LogP contribution in [-0.2, 0) is 4.79 Å². The lowest BCUT2D eigenvalue weighted by Crippen LogP contribution is -2.44. The van der Waals surface area contributed by atoms with E-state index in [2.05, 4.69) is 0 Å². The number of carbonyl (C=O) groups is 1. The van der Waals surface area contributed by atoms with E-state index in [9.17, 15) is 4.79 Å². The summed E-state index contributed by atoms with van der Waals surface area (Å²) in [6.45, 7) is 4.14. The number of para-hydroxylation sites is 2. The number of hydrogen-bond acceptors (Lipinski definition) is 6. The predicted molar refractivity (Wildman–Crippen MR) is 114 cm³/mol. The fourth-order valence-corrected chi connectivity index (χ4v) is 3.65. The Morgan fingerprint density at radius 1 is 1.14 bits per heavy atom. The molecular formula is C22H27NO5S. The summed E-state index contributed by atoms with van der Waals surface area (Å²) >= 11 is 1.57. The highest BCUT2D eigenvalue weighted by atomic mass is 32.2. The van der Waals surface area contributed by atoms with Crippen LogP contribution in [0.4, 0.5) is 0 Å². The second-order valence-corrected chi connectivity index (χ2v) is 7.61. The highest BCUT2D eigenvalue weighted by Crippen LogP contribution is 2.31. The summed E-state index contributed by atoms with van der Waals surface area (Å²) in [5, 5.41) is 0. The molecule has 1 aliphatic heterocycles. The van der Waals surface area contributed by atoms with Crippen LogP contribution in [0.3, 0.4) is 0 Å². The molecule has 2 aromatic rings. The summed E-state index contributed by atoms with van der Waals surface area (Å²) in [5.74, 6) is 4.35. The molecule has 156 valence electrons. The third kappa shape index (κ3) is 6.22. The van der Waals surface area contributed by atoms with Crippen molar-refractivity contribution in [2.75, 3.05) is 44.9 Å². The number of methoxy groups -OCH3 is 1. The summed E-state index contributed by atoms with van der Waals surface area (Å²) in [7, 11) is 1.63. The SMILES string of the molecule is CCN(CC1COc2ccccc2O1)C(=O)CSCCOc1ccc(OC)cc1. The molecule has 0 saturated heterocycles. The third-order valence-electron chi connectivity index (χ3n) is 4.51. The van der Waals surface area contributed by atoms with E-state index in [0.29, 0.717) is 32.1 Å². The first kappa shape index (κ1) is 21.2. The van der Waals surface area contributed by atoms with Crippen LogP contribution in [0.15, 0.2) is 48.5 Å². The van der Waals surface area contributed by atoms with Gasteiger partial charge >= 0.3 is 0 Å². The molecule has 3 rings (SSSR count). The topological polar surface area (TPSA) is 57.2 Å². The van der Waals surface area contributed by atoms with E-state index in [1.807, 2.05) is 60.4 Å². The highest BCUT2D eigenvalue weighted by Gasteiger charge is 2.24. The average molecular weight is 418 g/mol. The molecule has 0 aliphatic carbocycles. The smallest absolute Gasteiger partial charge is 0.232 e. The molecule has 0 aromatic heterocycles. The van der Waals surface area contributed by atoms with Gasteiger partial charge in [-0.2, -0.15) is 0 Å². The van der Waals surface area contributed by atoms with E-state index in [1.165, 1.54) is 0 Å². The van der Waals surface area contributed by atoms with Crippen LogP contribution in [0, 0.1) is 0 Å². The molecule has 0 spiro atoms. The van der Waals surface area contributed by atoms with E-state index in [4.69, 9.17) is 18.9 Å². The molecule has 6 nitrogen and oxygen atoms in total. The van der Waals surface area contributed by atoms with Crippen molar-refractivity contribution in [1.82, 2.24) is 4.90 Å². The van der Waals surface area contributed by atoms with Gasteiger partial charge in [-0.1, -0.05) is 12.1 Å². The maximum absolute atomic E-state index is 12.6. The molecule has 1 amide bonds. The minimum Gasteiger partial charge on any atom is -0.497 e. The van der Waals surface area contributed by atoms with E-state index < -0.39 is 0 Å². The predicted octanol–water partition coefficient (Wildman–Crippen LogP) is 3.50. The lowest BCUT2D eigenvalue weighted by atomic mass is 10.2. The fourth-order valence-electron chi connectivity index (χ4n) is 2.95. The summed E-state index contributed by atoms with van der Waals surface area (Å²) in [6, 6.07) is 15.1. The Kier molecular flexibility index (Phi) is 7.93. The van der Waals surface area contributed by atoms with Crippen molar-refractivity contribution < 1.29 is 23.7 Å². The molecule has 2 aromatic carbocycles. The van der Waals surface area contributed by atoms with Gasteiger partial charge in [-0.25, -0.2) is 0 Å². The van der Waals surface area contributed by atoms with Crippen molar-refractivity contribution in [2.45, 2.75) is 13.0 Å². The summed E-state index contributed by atoms with van der Waals surface area (Å²) in [6.07, 6.45) is -0.155. The Morgan fingerprint density at radius 3 is 2.59 bits per heavy atom.